The van der Waals surface area contributed by atoms with Crippen LogP contribution in [-0.2, 0) is 14.3 Å². The van der Waals surface area contributed by atoms with Crippen LogP contribution in [0.25, 0.3) is 5.69 Å². The minimum absolute atomic E-state index is 0.127. The molecule has 1 aromatic carbocycles. The van der Waals surface area contributed by atoms with E-state index in [4.69, 9.17) is 16.2 Å². The van der Waals surface area contributed by atoms with Gasteiger partial charge in [-0.3, -0.25) is 19.6 Å². The predicted octanol–water partition coefficient (Wildman–Crippen LogP) is 0.139. The maximum absolute atomic E-state index is 12.8. The first kappa shape index (κ1) is 28.7. The number of rotatable bonds is 7. The minimum Gasteiger partial charge on any atom is -0.465 e. The molecule has 0 radical (unpaired) electrons. The third-order valence-electron chi connectivity index (χ3n) is 8.09. The van der Waals surface area contributed by atoms with E-state index >= 15 is 0 Å². The van der Waals surface area contributed by atoms with Gasteiger partial charge in [0.25, 0.3) is 0 Å². The zero-order valence-electron chi connectivity index (χ0n) is 23.7. The number of esters is 1. The second-order valence-electron chi connectivity index (χ2n) is 11.5. The highest BCUT2D eigenvalue weighted by Crippen LogP contribution is 2.46. The number of piperidine rings is 1. The molecule has 220 valence electrons. The molecule has 0 bridgehead atoms. The highest BCUT2D eigenvalue weighted by atomic mass is 16.5. The Morgan fingerprint density at radius 1 is 1.05 bits per heavy atom. The monoisotopic (exact) mass is 566 g/mol. The molecule has 13 heteroatoms. The first-order chi connectivity index (χ1) is 19.5. The molecular formula is C28H38N8O5. The van der Waals surface area contributed by atoms with E-state index in [9.17, 15) is 19.2 Å². The topological polar surface area (TPSA) is 169 Å². The van der Waals surface area contributed by atoms with Crippen molar-refractivity contribution in [2.45, 2.75) is 38.4 Å². The van der Waals surface area contributed by atoms with E-state index in [1.54, 1.807) is 48.8 Å². The summed E-state index contributed by atoms with van der Waals surface area (Å²) in [6, 6.07) is 7.99. The zero-order chi connectivity index (χ0) is 29.5. The molecule has 2 unspecified atom stereocenters. The molecule has 0 spiro atoms. The number of ether oxygens (including phenoxy) is 1. The number of nitrogens with two attached hydrogens (primary N) is 2. The average molecular weight is 567 g/mol. The van der Waals surface area contributed by atoms with Crippen LogP contribution in [0.5, 0.6) is 0 Å². The third-order valence-corrected chi connectivity index (χ3v) is 8.09. The van der Waals surface area contributed by atoms with Gasteiger partial charge in [-0.05, 0) is 56.4 Å². The fourth-order valence-electron chi connectivity index (χ4n) is 5.73. The maximum Gasteiger partial charge on any atom is 0.354 e. The number of likely N-dealkylation sites (tertiary alicyclic amines) is 1. The summed E-state index contributed by atoms with van der Waals surface area (Å²) in [6.45, 7) is 8.34. The van der Waals surface area contributed by atoms with Crippen molar-refractivity contribution in [2.75, 3.05) is 51.2 Å². The summed E-state index contributed by atoms with van der Waals surface area (Å²) in [5, 5.41) is 2.66. The Kier molecular flexibility index (Phi) is 7.86. The molecule has 1 saturated carbocycles. The number of nitrogens with one attached hydrogen (secondary N) is 1. The van der Waals surface area contributed by atoms with Gasteiger partial charge in [-0.1, -0.05) is 12.1 Å². The number of carbonyl (C=O) groups is 3. The molecular weight excluding hydrogens is 528 g/mol. The Hall–Kier alpha value is -3.81. The fraction of sp³-hybridized carbons (Fsp3) is 0.536. The van der Waals surface area contributed by atoms with Crippen molar-refractivity contribution >= 4 is 23.7 Å². The number of carbonyl (C=O) groups excluding carboxylic acids is 3. The first-order valence-electron chi connectivity index (χ1n) is 14.0. The Balaban J connectivity index is 1.22. The van der Waals surface area contributed by atoms with Gasteiger partial charge in [0, 0.05) is 51.5 Å². The molecule has 3 amide bonds. The van der Waals surface area contributed by atoms with Crippen LogP contribution in [0.15, 0.2) is 41.3 Å². The van der Waals surface area contributed by atoms with E-state index < -0.39 is 23.3 Å². The van der Waals surface area contributed by atoms with Gasteiger partial charge in [0.05, 0.1) is 17.8 Å². The summed E-state index contributed by atoms with van der Waals surface area (Å²) >= 11 is 0. The number of nitrogens with zero attached hydrogens (tertiary/aromatic N) is 5. The number of aromatic nitrogens is 2. The van der Waals surface area contributed by atoms with Gasteiger partial charge in [0.15, 0.2) is 0 Å². The molecule has 2 aliphatic heterocycles. The number of benzene rings is 1. The molecule has 1 aliphatic carbocycles. The molecule has 2 aromatic rings. The quantitative estimate of drug-likeness (QED) is 0.395. The Morgan fingerprint density at radius 3 is 2.22 bits per heavy atom. The fourth-order valence-corrected chi connectivity index (χ4v) is 5.73. The second-order valence-corrected chi connectivity index (χ2v) is 11.5. The Bertz CT molecular complexity index is 1350. The first-order valence-corrected chi connectivity index (χ1v) is 14.0. The van der Waals surface area contributed by atoms with Gasteiger partial charge >= 0.3 is 17.7 Å². The summed E-state index contributed by atoms with van der Waals surface area (Å²) in [5.74, 6) is 0.511. The lowest BCUT2D eigenvalue weighted by molar-refractivity contribution is -0.149. The van der Waals surface area contributed by atoms with Crippen molar-refractivity contribution in [3.63, 3.8) is 0 Å². The molecule has 13 nitrogen and oxygen atoms in total. The molecule has 41 heavy (non-hydrogen) atoms. The van der Waals surface area contributed by atoms with Gasteiger partial charge in [-0.25, -0.2) is 14.4 Å². The zero-order valence-corrected chi connectivity index (χ0v) is 23.7. The smallest absolute Gasteiger partial charge is 0.354 e. The molecule has 3 fully saturated rings. The van der Waals surface area contributed by atoms with Gasteiger partial charge in [0.2, 0.25) is 5.91 Å². The number of anilines is 1. The summed E-state index contributed by atoms with van der Waals surface area (Å²) in [5.41, 5.74) is 11.8. The maximum atomic E-state index is 12.8. The lowest BCUT2D eigenvalue weighted by Crippen LogP contribution is -2.58. The van der Waals surface area contributed by atoms with E-state index in [-0.39, 0.29) is 23.7 Å². The van der Waals surface area contributed by atoms with Crippen LogP contribution < -0.4 is 22.5 Å². The number of piperazine rings is 1. The second kappa shape index (κ2) is 11.2. The van der Waals surface area contributed by atoms with E-state index in [1.165, 1.54) is 10.8 Å². The lowest BCUT2D eigenvalue weighted by Gasteiger charge is -2.37. The van der Waals surface area contributed by atoms with Crippen LogP contribution in [0.2, 0.25) is 0 Å². The molecule has 5 rings (SSSR count). The SMILES string of the molecule is CCOC(=O)C(c1ccc(-n2ccc(NC(=O)N3CCN(C(=O)C(C)(C)N)CC3)nc2=O)cc1)N1C[C@@H]2C(N)[C@@H]2C1. The molecule has 3 heterocycles. The summed E-state index contributed by atoms with van der Waals surface area (Å²) < 4.78 is 6.72. The van der Waals surface area contributed by atoms with Crippen LogP contribution in [0, 0.1) is 11.8 Å². The Morgan fingerprint density at radius 2 is 1.66 bits per heavy atom. The highest BCUT2D eigenvalue weighted by molar-refractivity contribution is 5.89. The molecule has 3 aliphatic rings. The number of hydrogen-bond acceptors (Lipinski definition) is 9. The average Bonchev–Trinajstić information content (AvgIpc) is 3.31. The standard InChI is InChI=1S/C28H38N8O5/c1-4-41-24(37)23(35-15-19-20(16-35)22(19)29)17-5-7-18(8-6-17)36-10-9-21(32-27(36)40)31-26(39)34-13-11-33(12-14-34)25(38)28(2,3)30/h5-10,19-20,22-23H,4,11-16,29-30H2,1-3H3,(H,31,32,39,40)/t19-,20+,22?,23?. The van der Waals surface area contributed by atoms with Crippen LogP contribution >= 0.6 is 0 Å². The molecule has 5 N–H and O–H groups in total. The number of hydrogen-bond donors (Lipinski definition) is 3. The minimum atomic E-state index is -0.968. The molecule has 4 atom stereocenters. The Labute approximate surface area is 238 Å². The van der Waals surface area contributed by atoms with Crippen molar-refractivity contribution in [3.8, 4) is 5.69 Å². The largest absolute Gasteiger partial charge is 0.465 e. The van der Waals surface area contributed by atoms with Crippen LogP contribution in [0.3, 0.4) is 0 Å². The summed E-state index contributed by atoms with van der Waals surface area (Å²) in [6.07, 6.45) is 1.54. The van der Waals surface area contributed by atoms with E-state index in [1.807, 2.05) is 12.1 Å². The van der Waals surface area contributed by atoms with Gasteiger partial charge in [0.1, 0.15) is 11.9 Å². The van der Waals surface area contributed by atoms with Crippen LogP contribution in [0.1, 0.15) is 32.4 Å². The van der Waals surface area contributed by atoms with Crippen molar-refractivity contribution < 1.29 is 19.1 Å². The normalized spacial score (nSPS) is 23.1. The third kappa shape index (κ3) is 5.97. The van der Waals surface area contributed by atoms with Gasteiger partial charge in [-0.2, -0.15) is 4.98 Å². The van der Waals surface area contributed by atoms with Gasteiger partial charge in [-0.15, -0.1) is 0 Å². The van der Waals surface area contributed by atoms with E-state index in [0.717, 1.165) is 18.7 Å². The number of amides is 3. The van der Waals surface area contributed by atoms with Crippen LogP contribution in [0.4, 0.5) is 10.6 Å². The summed E-state index contributed by atoms with van der Waals surface area (Å²) in [4.78, 5) is 60.2. The van der Waals surface area contributed by atoms with Gasteiger partial charge < -0.3 is 26.0 Å². The van der Waals surface area contributed by atoms with Crippen molar-refractivity contribution in [3.05, 3.63) is 52.6 Å². The van der Waals surface area contributed by atoms with Crippen molar-refractivity contribution in [2.24, 2.45) is 23.3 Å². The van der Waals surface area contributed by atoms with Crippen molar-refractivity contribution in [1.82, 2.24) is 24.3 Å². The predicted molar refractivity (Wildman–Crippen MR) is 151 cm³/mol. The van der Waals surface area contributed by atoms with E-state index in [0.29, 0.717) is 50.3 Å². The number of urea groups is 1. The number of fused-ring (bicyclic) bond motifs is 1. The van der Waals surface area contributed by atoms with Crippen molar-refractivity contribution in [1.29, 1.82) is 0 Å². The lowest BCUT2D eigenvalue weighted by atomic mass is 10.0. The van der Waals surface area contributed by atoms with E-state index in [2.05, 4.69) is 15.2 Å². The molecule has 2 saturated heterocycles. The highest BCUT2D eigenvalue weighted by Gasteiger charge is 2.55. The van der Waals surface area contributed by atoms with Crippen LogP contribution in [-0.4, -0.2) is 99.6 Å². The molecule has 1 aromatic heterocycles. The summed E-state index contributed by atoms with van der Waals surface area (Å²) in [7, 11) is 0.